The summed E-state index contributed by atoms with van der Waals surface area (Å²) in [6, 6.07) is 8.24. The lowest BCUT2D eigenvalue weighted by atomic mass is 9.47. The maximum Gasteiger partial charge on any atom is 0.331 e. The van der Waals surface area contributed by atoms with Gasteiger partial charge in [-0.15, -0.1) is 0 Å². The van der Waals surface area contributed by atoms with Gasteiger partial charge in [0, 0.05) is 32.3 Å². The molecule has 3 nitrogen and oxygen atoms in total. The Morgan fingerprint density at radius 2 is 1.76 bits per heavy atom. The fourth-order valence-electron chi connectivity index (χ4n) is 10.0. The molecule has 0 saturated heterocycles. The number of esters is 1. The lowest BCUT2D eigenvalue weighted by Crippen LogP contribution is -2.51. The van der Waals surface area contributed by atoms with Crippen LogP contribution in [-0.4, -0.2) is 26.2 Å². The zero-order valence-corrected chi connectivity index (χ0v) is 27.1. The Hall–Kier alpha value is -2.03. The standard InChI is InChI=1S/C38H57NO2/c1-26(2)9-8-10-27(3)33-18-19-34-32-17-14-29-25-31(21-23-37(29,4)35(32)22-24-38(33,34)5)41-36(40)20-13-28-11-15-30(16-12-28)39(6)7/h11-16,20,26-27,31-35H,8-10,17-19,21-25H2,1-7H3/b20-13+/t27-,31-,32+,33+,34-,35+,37-,38+/m0/s1. The third kappa shape index (κ3) is 6.21. The van der Waals surface area contributed by atoms with E-state index >= 15 is 0 Å². The van der Waals surface area contributed by atoms with Crippen LogP contribution >= 0.6 is 0 Å². The number of hydrogen-bond acceptors (Lipinski definition) is 3. The number of carbonyl (C=O) groups is 1. The van der Waals surface area contributed by atoms with Gasteiger partial charge in [-0.1, -0.05) is 77.7 Å². The first kappa shape index (κ1) is 30.4. The van der Waals surface area contributed by atoms with Gasteiger partial charge in [0.25, 0.3) is 0 Å². The second kappa shape index (κ2) is 12.3. The maximum atomic E-state index is 12.7. The minimum Gasteiger partial charge on any atom is -0.459 e. The molecule has 0 bridgehead atoms. The summed E-state index contributed by atoms with van der Waals surface area (Å²) in [5.74, 6) is 4.93. The molecule has 41 heavy (non-hydrogen) atoms. The fourth-order valence-corrected chi connectivity index (χ4v) is 10.0. The van der Waals surface area contributed by atoms with Gasteiger partial charge in [-0.25, -0.2) is 4.79 Å². The van der Waals surface area contributed by atoms with Crippen molar-refractivity contribution in [3.63, 3.8) is 0 Å². The third-order valence-electron chi connectivity index (χ3n) is 12.4. The summed E-state index contributed by atoms with van der Waals surface area (Å²) >= 11 is 0. The summed E-state index contributed by atoms with van der Waals surface area (Å²) in [6.45, 7) is 12.6. The van der Waals surface area contributed by atoms with Crippen LogP contribution in [0.5, 0.6) is 0 Å². The third-order valence-corrected chi connectivity index (χ3v) is 12.4. The largest absolute Gasteiger partial charge is 0.459 e. The van der Waals surface area contributed by atoms with Crippen LogP contribution in [0.15, 0.2) is 42.0 Å². The number of fused-ring (bicyclic) bond motifs is 5. The topological polar surface area (TPSA) is 29.5 Å². The van der Waals surface area contributed by atoms with Crippen molar-refractivity contribution in [1.82, 2.24) is 0 Å². The van der Waals surface area contributed by atoms with E-state index in [1.807, 2.05) is 32.3 Å². The lowest BCUT2D eigenvalue weighted by Gasteiger charge is -2.58. The Morgan fingerprint density at radius 1 is 1.00 bits per heavy atom. The number of ether oxygens (including phenoxy) is 1. The normalized spacial score (nSPS) is 35.4. The molecule has 226 valence electrons. The number of benzene rings is 1. The summed E-state index contributed by atoms with van der Waals surface area (Å²) in [7, 11) is 4.07. The predicted molar refractivity (Wildman–Crippen MR) is 173 cm³/mol. The van der Waals surface area contributed by atoms with Gasteiger partial charge in [-0.05, 0) is 115 Å². The minimum absolute atomic E-state index is 0.00977. The monoisotopic (exact) mass is 559 g/mol. The molecule has 0 amide bonds. The predicted octanol–water partition coefficient (Wildman–Crippen LogP) is 9.72. The molecule has 5 rings (SSSR count). The van der Waals surface area contributed by atoms with Gasteiger partial charge in [0.1, 0.15) is 6.10 Å². The number of rotatable bonds is 9. The van der Waals surface area contributed by atoms with Crippen LogP contribution in [0.3, 0.4) is 0 Å². The average molecular weight is 560 g/mol. The minimum atomic E-state index is -0.211. The highest BCUT2D eigenvalue weighted by Gasteiger charge is 2.59. The Morgan fingerprint density at radius 3 is 2.46 bits per heavy atom. The van der Waals surface area contributed by atoms with Crippen LogP contribution < -0.4 is 4.90 Å². The van der Waals surface area contributed by atoms with E-state index in [0.29, 0.717) is 5.41 Å². The smallest absolute Gasteiger partial charge is 0.331 e. The summed E-state index contributed by atoms with van der Waals surface area (Å²) < 4.78 is 6.00. The highest BCUT2D eigenvalue weighted by Crippen LogP contribution is 2.67. The molecule has 0 radical (unpaired) electrons. The van der Waals surface area contributed by atoms with Crippen molar-refractivity contribution in [2.75, 3.05) is 19.0 Å². The molecule has 0 spiro atoms. The summed E-state index contributed by atoms with van der Waals surface area (Å²) in [4.78, 5) is 14.8. The van der Waals surface area contributed by atoms with Gasteiger partial charge in [-0.3, -0.25) is 0 Å². The van der Waals surface area contributed by atoms with Gasteiger partial charge < -0.3 is 9.64 Å². The van der Waals surface area contributed by atoms with Crippen molar-refractivity contribution in [1.29, 1.82) is 0 Å². The van der Waals surface area contributed by atoms with E-state index < -0.39 is 0 Å². The zero-order valence-electron chi connectivity index (χ0n) is 27.1. The van der Waals surface area contributed by atoms with Gasteiger partial charge in [0.05, 0.1) is 0 Å². The van der Waals surface area contributed by atoms with E-state index in [0.717, 1.165) is 66.0 Å². The van der Waals surface area contributed by atoms with Crippen LogP contribution in [0.2, 0.25) is 0 Å². The molecule has 0 aromatic heterocycles. The second-order valence-electron chi connectivity index (χ2n) is 15.4. The first-order chi connectivity index (χ1) is 19.5. The molecule has 0 unspecified atom stereocenters. The molecule has 1 aromatic carbocycles. The van der Waals surface area contributed by atoms with Crippen LogP contribution in [0.25, 0.3) is 6.08 Å². The van der Waals surface area contributed by atoms with Crippen LogP contribution in [0, 0.1) is 46.3 Å². The van der Waals surface area contributed by atoms with Crippen molar-refractivity contribution >= 4 is 17.7 Å². The highest BCUT2D eigenvalue weighted by atomic mass is 16.5. The number of allylic oxidation sites excluding steroid dienone is 1. The van der Waals surface area contributed by atoms with E-state index in [1.54, 1.807) is 11.6 Å². The van der Waals surface area contributed by atoms with E-state index in [2.05, 4.69) is 57.7 Å². The molecular formula is C38H57NO2. The number of hydrogen-bond donors (Lipinski definition) is 0. The number of nitrogens with zero attached hydrogens (tertiary/aromatic N) is 1. The molecule has 4 aliphatic rings. The lowest BCUT2D eigenvalue weighted by molar-refractivity contribution is -0.145. The molecule has 3 saturated carbocycles. The van der Waals surface area contributed by atoms with E-state index in [-0.39, 0.29) is 17.5 Å². The summed E-state index contributed by atoms with van der Waals surface area (Å²) in [6.07, 6.45) is 20.3. The van der Waals surface area contributed by atoms with Crippen molar-refractivity contribution in [2.45, 2.75) is 111 Å². The van der Waals surface area contributed by atoms with Gasteiger partial charge in [-0.2, -0.15) is 0 Å². The number of anilines is 1. The molecule has 3 fully saturated rings. The van der Waals surface area contributed by atoms with Gasteiger partial charge >= 0.3 is 5.97 Å². The summed E-state index contributed by atoms with van der Waals surface area (Å²) in [5, 5.41) is 0. The maximum absolute atomic E-state index is 12.7. The Kier molecular flexibility index (Phi) is 9.12. The van der Waals surface area contributed by atoms with E-state index in [1.165, 1.54) is 51.4 Å². The van der Waals surface area contributed by atoms with E-state index in [9.17, 15) is 4.79 Å². The van der Waals surface area contributed by atoms with Crippen LogP contribution in [0.1, 0.15) is 111 Å². The average Bonchev–Trinajstić information content (AvgIpc) is 3.29. The zero-order chi connectivity index (χ0) is 29.4. The molecule has 4 aliphatic carbocycles. The molecule has 0 aliphatic heterocycles. The second-order valence-corrected chi connectivity index (χ2v) is 15.4. The Balaban J connectivity index is 1.19. The fraction of sp³-hybridized carbons (Fsp3) is 0.711. The molecular weight excluding hydrogens is 502 g/mol. The van der Waals surface area contributed by atoms with Gasteiger partial charge in [0.2, 0.25) is 0 Å². The summed E-state index contributed by atoms with van der Waals surface area (Å²) in [5.41, 5.74) is 4.59. The molecule has 0 N–H and O–H groups in total. The van der Waals surface area contributed by atoms with Crippen LogP contribution in [-0.2, 0) is 9.53 Å². The van der Waals surface area contributed by atoms with Crippen molar-refractivity contribution < 1.29 is 9.53 Å². The van der Waals surface area contributed by atoms with Gasteiger partial charge in [0.15, 0.2) is 0 Å². The SMILES string of the molecule is CC(C)CCC[C@H](C)[C@H]1CC[C@H]2[C@H]3CC=C4C[C@@H](OC(=O)/C=C/c5ccc(N(C)C)cc5)CC[C@]4(C)[C@@H]3CC[C@]12C. The van der Waals surface area contributed by atoms with Crippen molar-refractivity contribution in [2.24, 2.45) is 46.3 Å². The molecule has 0 heterocycles. The first-order valence-electron chi connectivity index (χ1n) is 16.9. The van der Waals surface area contributed by atoms with Crippen molar-refractivity contribution in [3.8, 4) is 0 Å². The molecule has 8 atom stereocenters. The molecule has 1 aromatic rings. The van der Waals surface area contributed by atoms with E-state index in [4.69, 9.17) is 4.74 Å². The quantitative estimate of drug-likeness (QED) is 0.171. The van der Waals surface area contributed by atoms with Crippen molar-refractivity contribution in [3.05, 3.63) is 47.6 Å². The molecule has 3 heteroatoms. The Bertz CT molecular complexity index is 1120. The Labute approximate surface area is 251 Å². The number of carbonyl (C=O) groups excluding carboxylic acids is 1. The first-order valence-corrected chi connectivity index (χ1v) is 16.9. The highest BCUT2D eigenvalue weighted by molar-refractivity contribution is 5.87. The van der Waals surface area contributed by atoms with Crippen LogP contribution in [0.4, 0.5) is 5.69 Å².